The third-order valence-electron chi connectivity index (χ3n) is 27.2. The van der Waals surface area contributed by atoms with Crippen molar-refractivity contribution >= 4 is 6.71 Å². The molecule has 3 aliphatic heterocycles. The van der Waals surface area contributed by atoms with E-state index in [9.17, 15) is 0 Å². The van der Waals surface area contributed by atoms with Gasteiger partial charge in [0.15, 0.2) is 6.71 Å². The second kappa shape index (κ2) is 17.6. The summed E-state index contributed by atoms with van der Waals surface area (Å²) in [6, 6.07) is 2.52. The highest BCUT2D eigenvalue weighted by molar-refractivity contribution is 6.64. The van der Waals surface area contributed by atoms with E-state index < -0.39 is 0 Å². The average Bonchev–Trinajstić information content (AvgIpc) is 3.99. The number of hydrogen-bond donors (Lipinski definition) is 2. The second-order valence-electron chi connectivity index (χ2n) is 30.1. The Labute approximate surface area is 408 Å². The van der Waals surface area contributed by atoms with Crippen molar-refractivity contribution in [3.05, 3.63) is 0 Å². The molecule has 13 fully saturated rings. The van der Waals surface area contributed by atoms with Crippen LogP contribution < -0.4 is 10.6 Å². The van der Waals surface area contributed by atoms with Gasteiger partial charge in [0.25, 0.3) is 0 Å². The van der Waals surface area contributed by atoms with E-state index in [4.69, 9.17) is 0 Å². The molecule has 4 heteroatoms. The quantitative estimate of drug-likeness (QED) is 0.269. The fourth-order valence-corrected chi connectivity index (χ4v) is 25.9. The van der Waals surface area contributed by atoms with Crippen LogP contribution in [0.1, 0.15) is 215 Å². The van der Waals surface area contributed by atoms with Crippen molar-refractivity contribution in [1.82, 2.24) is 15.5 Å². The van der Waals surface area contributed by atoms with Gasteiger partial charge in [-0.15, -0.1) is 0 Å². The molecule has 3 heterocycles. The van der Waals surface area contributed by atoms with Gasteiger partial charge in [0.1, 0.15) is 0 Å². The number of fused-ring (bicyclic) bond motifs is 14. The number of likely N-dealkylation sites (tertiary alicyclic amines) is 1. The van der Waals surface area contributed by atoms with Crippen molar-refractivity contribution < 1.29 is 0 Å². The van der Waals surface area contributed by atoms with Gasteiger partial charge < -0.3 is 10.6 Å². The number of piperidine rings is 2. The van der Waals surface area contributed by atoms with E-state index in [1.165, 1.54) is 116 Å². The number of hydrogen-bond acceptors (Lipinski definition) is 3. The smallest absolute Gasteiger partial charge is 0.152 e. The fraction of sp³-hybridized carbons (Fsp3) is 1.00. The van der Waals surface area contributed by atoms with Crippen LogP contribution in [0.4, 0.5) is 0 Å². The topological polar surface area (TPSA) is 27.3 Å². The highest BCUT2D eigenvalue weighted by atomic mass is 15.3. The molecule has 23 atom stereocenters. The Morgan fingerprint density at radius 1 is 0.439 bits per heavy atom. The van der Waals surface area contributed by atoms with E-state index in [0.717, 1.165) is 149 Å². The summed E-state index contributed by atoms with van der Waals surface area (Å²) in [4.78, 5) is 3.36. The molecule has 0 aromatic heterocycles. The largest absolute Gasteiger partial charge is 0.314 e. The first-order valence-corrected chi connectivity index (χ1v) is 31.3. The van der Waals surface area contributed by atoms with E-state index in [1.54, 1.807) is 64.2 Å². The summed E-state index contributed by atoms with van der Waals surface area (Å²) in [7, 11) is 0. The monoisotopic (exact) mass is 902 g/mol. The molecule has 0 bridgehead atoms. The Bertz CT molecular complexity index is 1590. The molecule has 3 nitrogen and oxygen atoms in total. The summed E-state index contributed by atoms with van der Waals surface area (Å²) in [6.07, 6.45) is 40.5. The van der Waals surface area contributed by atoms with Gasteiger partial charge in [-0.3, -0.25) is 4.90 Å². The highest BCUT2D eigenvalue weighted by Gasteiger charge is 2.68. The molecule has 0 amide bonds. The lowest BCUT2D eigenvalue weighted by Gasteiger charge is -2.53. The van der Waals surface area contributed by atoms with Gasteiger partial charge in [0, 0.05) is 18.1 Å². The molecule has 0 aromatic carbocycles. The predicted octanol–water partition coefficient (Wildman–Crippen LogP) is 15.0. The van der Waals surface area contributed by atoms with E-state index >= 15 is 0 Å². The van der Waals surface area contributed by atoms with Crippen LogP contribution in [-0.4, -0.2) is 49.0 Å². The third kappa shape index (κ3) is 7.02. The van der Waals surface area contributed by atoms with Crippen LogP contribution in [0.5, 0.6) is 0 Å². The zero-order valence-electron chi connectivity index (χ0n) is 44.3. The maximum Gasteiger partial charge on any atom is 0.152 e. The van der Waals surface area contributed by atoms with Crippen molar-refractivity contribution in [2.24, 2.45) is 117 Å². The van der Waals surface area contributed by atoms with Crippen LogP contribution in [0.15, 0.2) is 0 Å². The Kier molecular flexibility index (Phi) is 12.2. The maximum atomic E-state index is 4.68. The lowest BCUT2D eigenvalue weighted by Crippen LogP contribution is -2.60. The van der Waals surface area contributed by atoms with Gasteiger partial charge in [-0.2, -0.15) is 0 Å². The maximum absolute atomic E-state index is 4.68. The SMILES string of the molecule is CC1CC(C)C(B(C2CCC(C3C4CCCCC4C4CCC5C6CCCCC6C(C)(C)C5C43)NC2)C2CCC(N3C4CCCCC4C4CCC5C6CCCCC6C(C)(C)C5C43)NC2)C(C)C1. The summed E-state index contributed by atoms with van der Waals surface area (Å²) >= 11 is 0. The summed E-state index contributed by atoms with van der Waals surface area (Å²) in [5.41, 5.74) is 1.08. The zero-order valence-corrected chi connectivity index (χ0v) is 44.3. The number of nitrogens with zero attached hydrogens (tertiary/aromatic N) is 1. The first-order chi connectivity index (χ1) is 32.0. The highest BCUT2D eigenvalue weighted by Crippen LogP contribution is 2.72. The van der Waals surface area contributed by atoms with Crippen molar-refractivity contribution in [1.29, 1.82) is 0 Å². The normalized spacial score (nSPS) is 56.1. The van der Waals surface area contributed by atoms with E-state index in [1.807, 2.05) is 0 Å². The van der Waals surface area contributed by atoms with Gasteiger partial charge in [-0.1, -0.05) is 118 Å². The Hall–Kier alpha value is -0.0551. The van der Waals surface area contributed by atoms with Crippen LogP contribution in [0, 0.1) is 117 Å². The van der Waals surface area contributed by atoms with Crippen LogP contribution in [-0.2, 0) is 0 Å². The summed E-state index contributed by atoms with van der Waals surface area (Å²) < 4.78 is 0. The molecule has 10 aliphatic carbocycles. The minimum absolute atomic E-state index is 0.519. The van der Waals surface area contributed by atoms with Gasteiger partial charge in [0.05, 0.1) is 6.17 Å². The molecule has 370 valence electrons. The molecule has 0 spiro atoms. The molecule has 13 rings (SSSR count). The van der Waals surface area contributed by atoms with Crippen LogP contribution in [0.3, 0.4) is 0 Å². The molecular formula is C62H104BN3. The average molecular weight is 902 g/mol. The van der Waals surface area contributed by atoms with E-state index in [0.29, 0.717) is 17.0 Å². The minimum atomic E-state index is 0.519. The van der Waals surface area contributed by atoms with Gasteiger partial charge in [0.2, 0.25) is 0 Å². The third-order valence-corrected chi connectivity index (χ3v) is 27.2. The zero-order chi connectivity index (χ0) is 44.8. The Morgan fingerprint density at radius 2 is 0.955 bits per heavy atom. The van der Waals surface area contributed by atoms with Crippen molar-refractivity contribution in [3.63, 3.8) is 0 Å². The van der Waals surface area contributed by atoms with Crippen LogP contribution in [0.25, 0.3) is 0 Å². The molecule has 66 heavy (non-hydrogen) atoms. The summed E-state index contributed by atoms with van der Waals surface area (Å²) in [5, 5.41) is 9.30. The number of nitrogens with one attached hydrogen (secondary N) is 2. The number of rotatable bonds is 5. The fourth-order valence-electron chi connectivity index (χ4n) is 25.9. The van der Waals surface area contributed by atoms with Gasteiger partial charge in [-0.05, 0) is 245 Å². The van der Waals surface area contributed by atoms with Gasteiger partial charge >= 0.3 is 0 Å². The minimum Gasteiger partial charge on any atom is -0.314 e. The molecule has 13 aliphatic rings. The molecule has 2 N–H and O–H groups in total. The van der Waals surface area contributed by atoms with Gasteiger partial charge in [-0.25, -0.2) is 0 Å². The van der Waals surface area contributed by atoms with Crippen LogP contribution >= 0.6 is 0 Å². The lowest BCUT2D eigenvalue weighted by atomic mass is 9.22. The van der Waals surface area contributed by atoms with Crippen molar-refractivity contribution in [2.75, 3.05) is 13.1 Å². The summed E-state index contributed by atoms with van der Waals surface area (Å²) in [6.45, 7) is 22.9. The Balaban J connectivity index is 0.758. The predicted molar refractivity (Wildman–Crippen MR) is 277 cm³/mol. The van der Waals surface area contributed by atoms with Crippen molar-refractivity contribution in [2.45, 2.75) is 257 Å². The van der Waals surface area contributed by atoms with E-state index in [2.05, 4.69) is 64.0 Å². The van der Waals surface area contributed by atoms with Crippen molar-refractivity contribution in [3.8, 4) is 0 Å². The molecule has 10 saturated carbocycles. The molecule has 0 aromatic rings. The lowest BCUT2D eigenvalue weighted by molar-refractivity contribution is -0.0230. The standard InChI is InChI=1S/C62H104BN3/c1-36-32-37(2)59(38(3)33-36)63(39-24-30-52(64-34-39)55-45-20-9-8-16-41(45)46-26-27-47-42-17-10-13-21-50(42)61(4,5)57(47)56(46)55)40-25-31-54(65-35-40)66-53-23-15-12-19-44(53)49-29-28-48-43-18-11-14-22-51(43)62(6,7)58(48)60(49)66/h36-60,64-65H,8-35H2,1-7H3. The second-order valence-corrected chi connectivity index (χ2v) is 30.1. The molecular weight excluding hydrogens is 798 g/mol. The molecule has 0 radical (unpaired) electrons. The molecule has 23 unspecified atom stereocenters. The Morgan fingerprint density at radius 3 is 1.59 bits per heavy atom. The first kappa shape index (κ1) is 45.8. The first-order valence-electron chi connectivity index (χ1n) is 31.3. The molecule has 3 saturated heterocycles. The van der Waals surface area contributed by atoms with Crippen LogP contribution in [0.2, 0.25) is 17.5 Å². The summed E-state index contributed by atoms with van der Waals surface area (Å²) in [5.74, 6) is 20.6. The van der Waals surface area contributed by atoms with E-state index in [-0.39, 0.29) is 0 Å².